The highest BCUT2D eigenvalue weighted by Gasteiger charge is 2.18. The molecule has 0 heterocycles. The monoisotopic (exact) mass is 570 g/mol. The van der Waals surface area contributed by atoms with Gasteiger partial charge in [0, 0.05) is 0 Å². The fraction of sp³-hybridized carbons (Fsp3) is 0.222. The highest BCUT2D eigenvalue weighted by Crippen LogP contribution is 2.38. The number of hydrogen-bond acceptors (Lipinski definition) is 8. The van der Waals surface area contributed by atoms with Crippen LogP contribution in [0.1, 0.15) is 27.0 Å². The van der Waals surface area contributed by atoms with Gasteiger partial charge in [-0.15, -0.1) is 0 Å². The van der Waals surface area contributed by atoms with Crippen molar-refractivity contribution in [1.82, 2.24) is 5.43 Å². The second-order valence-corrected chi connectivity index (χ2v) is 8.70. The van der Waals surface area contributed by atoms with Crippen molar-refractivity contribution in [2.45, 2.75) is 13.8 Å². The number of carbonyl (C=O) groups is 2. The molecule has 0 radical (unpaired) electrons. The summed E-state index contributed by atoms with van der Waals surface area (Å²) >= 11 is 3.45. The quantitative estimate of drug-likeness (QED) is 0.161. The van der Waals surface area contributed by atoms with Crippen molar-refractivity contribution in [3.05, 3.63) is 75.3 Å². The SMILES string of the molecule is COc1cc(C(=O)Oc2ccc(/C=N/NC(=O)COc3c(C)cc(C)cc3Br)cc2)cc(OC)c1OC. The van der Waals surface area contributed by atoms with Gasteiger partial charge in [-0.05, 0) is 88.9 Å². The number of aryl methyl sites for hydroxylation is 2. The first-order valence-electron chi connectivity index (χ1n) is 11.1. The van der Waals surface area contributed by atoms with Crippen molar-refractivity contribution in [3.8, 4) is 28.7 Å². The van der Waals surface area contributed by atoms with Gasteiger partial charge in [0.25, 0.3) is 5.91 Å². The number of carbonyl (C=O) groups excluding carboxylic acids is 2. The van der Waals surface area contributed by atoms with Crippen LogP contribution in [0.15, 0.2) is 58.1 Å². The summed E-state index contributed by atoms with van der Waals surface area (Å²) < 4.78 is 27.7. The molecular formula is C27H27BrN2O7. The van der Waals surface area contributed by atoms with Gasteiger partial charge in [0.1, 0.15) is 11.5 Å². The summed E-state index contributed by atoms with van der Waals surface area (Å²) in [6.45, 7) is 3.71. The van der Waals surface area contributed by atoms with E-state index in [-0.39, 0.29) is 12.2 Å². The number of esters is 1. The Morgan fingerprint density at radius 3 is 2.14 bits per heavy atom. The first-order chi connectivity index (χ1) is 17.7. The first-order valence-corrected chi connectivity index (χ1v) is 11.9. The lowest BCUT2D eigenvalue weighted by molar-refractivity contribution is -0.123. The number of benzene rings is 3. The number of hydrogen-bond donors (Lipinski definition) is 1. The lowest BCUT2D eigenvalue weighted by Crippen LogP contribution is -2.24. The molecule has 0 fully saturated rings. The van der Waals surface area contributed by atoms with Crippen molar-refractivity contribution in [2.24, 2.45) is 5.10 Å². The van der Waals surface area contributed by atoms with Gasteiger partial charge in [-0.1, -0.05) is 6.07 Å². The van der Waals surface area contributed by atoms with Crippen LogP contribution in [0.25, 0.3) is 0 Å². The number of methoxy groups -OCH3 is 3. The lowest BCUT2D eigenvalue weighted by Gasteiger charge is -2.13. The van der Waals surface area contributed by atoms with Gasteiger partial charge in [0.2, 0.25) is 5.75 Å². The van der Waals surface area contributed by atoms with Gasteiger partial charge < -0.3 is 23.7 Å². The molecule has 0 saturated carbocycles. The maximum Gasteiger partial charge on any atom is 0.343 e. The summed E-state index contributed by atoms with van der Waals surface area (Å²) in [5.74, 6) is 1.00. The van der Waals surface area contributed by atoms with Gasteiger partial charge in [-0.25, -0.2) is 10.2 Å². The number of nitrogens with zero attached hydrogens (tertiary/aromatic N) is 1. The van der Waals surface area contributed by atoms with Gasteiger partial charge in [0.15, 0.2) is 18.1 Å². The molecule has 0 aliphatic heterocycles. The van der Waals surface area contributed by atoms with E-state index in [0.717, 1.165) is 15.6 Å². The van der Waals surface area contributed by atoms with Gasteiger partial charge >= 0.3 is 5.97 Å². The van der Waals surface area contributed by atoms with E-state index >= 15 is 0 Å². The van der Waals surface area contributed by atoms with E-state index in [9.17, 15) is 9.59 Å². The van der Waals surface area contributed by atoms with E-state index in [2.05, 4.69) is 26.5 Å². The highest BCUT2D eigenvalue weighted by atomic mass is 79.9. The van der Waals surface area contributed by atoms with Gasteiger partial charge in [0.05, 0.1) is 37.6 Å². The topological polar surface area (TPSA) is 105 Å². The van der Waals surface area contributed by atoms with Crippen LogP contribution < -0.4 is 29.1 Å². The van der Waals surface area contributed by atoms with Crippen LogP contribution in [0.5, 0.6) is 28.7 Å². The zero-order chi connectivity index (χ0) is 26.9. The van der Waals surface area contributed by atoms with Crippen LogP contribution in [0.4, 0.5) is 0 Å². The van der Waals surface area contributed by atoms with Crippen LogP contribution >= 0.6 is 15.9 Å². The fourth-order valence-electron chi connectivity index (χ4n) is 3.42. The second kappa shape index (κ2) is 12.8. The van der Waals surface area contributed by atoms with E-state index in [0.29, 0.717) is 34.3 Å². The molecule has 9 nitrogen and oxygen atoms in total. The molecule has 10 heteroatoms. The number of amides is 1. The van der Waals surface area contributed by atoms with E-state index in [1.807, 2.05) is 26.0 Å². The summed E-state index contributed by atoms with van der Waals surface area (Å²) in [4.78, 5) is 24.7. The third-order valence-corrected chi connectivity index (χ3v) is 5.70. The van der Waals surface area contributed by atoms with Crippen LogP contribution in [0.2, 0.25) is 0 Å². The predicted molar refractivity (Wildman–Crippen MR) is 142 cm³/mol. The molecule has 0 spiro atoms. The molecule has 0 unspecified atom stereocenters. The van der Waals surface area contributed by atoms with Crippen molar-refractivity contribution in [3.63, 3.8) is 0 Å². The molecule has 3 rings (SSSR count). The summed E-state index contributed by atoms with van der Waals surface area (Å²) in [7, 11) is 4.41. The van der Waals surface area contributed by atoms with Crippen molar-refractivity contribution < 1.29 is 33.3 Å². The van der Waals surface area contributed by atoms with E-state index in [1.165, 1.54) is 39.7 Å². The summed E-state index contributed by atoms with van der Waals surface area (Å²) in [6.07, 6.45) is 1.47. The van der Waals surface area contributed by atoms with Crippen LogP contribution in [0.3, 0.4) is 0 Å². The summed E-state index contributed by atoms with van der Waals surface area (Å²) in [5, 5.41) is 3.94. The van der Waals surface area contributed by atoms with E-state index in [4.69, 9.17) is 23.7 Å². The maximum absolute atomic E-state index is 12.6. The third-order valence-electron chi connectivity index (χ3n) is 5.12. The Morgan fingerprint density at radius 1 is 0.919 bits per heavy atom. The minimum atomic E-state index is -0.594. The maximum atomic E-state index is 12.6. The van der Waals surface area contributed by atoms with Crippen LogP contribution in [-0.2, 0) is 4.79 Å². The smallest absolute Gasteiger partial charge is 0.343 e. The third kappa shape index (κ3) is 7.23. The first kappa shape index (κ1) is 27.5. The number of hydrazone groups is 1. The molecule has 1 amide bonds. The largest absolute Gasteiger partial charge is 0.493 e. The molecule has 0 aliphatic carbocycles. The zero-order valence-corrected chi connectivity index (χ0v) is 22.7. The summed E-state index contributed by atoms with van der Waals surface area (Å²) in [6, 6.07) is 13.5. The Bertz CT molecular complexity index is 1260. The summed E-state index contributed by atoms with van der Waals surface area (Å²) in [5.41, 5.74) is 5.36. The Hall–Kier alpha value is -4.05. The molecular weight excluding hydrogens is 544 g/mol. The molecule has 3 aromatic carbocycles. The average molecular weight is 571 g/mol. The number of ether oxygens (including phenoxy) is 5. The Morgan fingerprint density at radius 2 is 1.57 bits per heavy atom. The lowest BCUT2D eigenvalue weighted by atomic mass is 10.1. The number of halogens is 1. The normalized spacial score (nSPS) is 10.6. The average Bonchev–Trinajstić information content (AvgIpc) is 2.88. The van der Waals surface area contributed by atoms with Gasteiger partial charge in [-0.3, -0.25) is 4.79 Å². The molecule has 37 heavy (non-hydrogen) atoms. The van der Waals surface area contributed by atoms with E-state index in [1.54, 1.807) is 24.3 Å². The predicted octanol–water partition coefficient (Wildman–Crippen LogP) is 4.84. The molecule has 0 atom stereocenters. The minimum Gasteiger partial charge on any atom is -0.493 e. The van der Waals surface area contributed by atoms with Crippen molar-refractivity contribution in [2.75, 3.05) is 27.9 Å². The Balaban J connectivity index is 1.55. The molecule has 0 aliphatic rings. The number of rotatable bonds is 10. The molecule has 194 valence electrons. The molecule has 3 aromatic rings. The van der Waals surface area contributed by atoms with Gasteiger partial charge in [-0.2, -0.15) is 5.10 Å². The molecule has 0 bridgehead atoms. The number of nitrogens with one attached hydrogen (secondary N) is 1. The van der Waals surface area contributed by atoms with Crippen LogP contribution in [0, 0.1) is 13.8 Å². The fourth-order valence-corrected chi connectivity index (χ4v) is 4.21. The minimum absolute atomic E-state index is 0.185. The Kier molecular flexibility index (Phi) is 9.51. The van der Waals surface area contributed by atoms with Crippen LogP contribution in [-0.4, -0.2) is 46.0 Å². The van der Waals surface area contributed by atoms with Crippen molar-refractivity contribution >= 4 is 34.0 Å². The molecule has 0 aromatic heterocycles. The van der Waals surface area contributed by atoms with Crippen molar-refractivity contribution in [1.29, 1.82) is 0 Å². The molecule has 1 N–H and O–H groups in total. The molecule has 0 saturated heterocycles. The second-order valence-electron chi connectivity index (χ2n) is 7.85. The standard InChI is InChI=1S/C27H27BrN2O7/c1-16-10-17(2)25(21(28)11-16)36-15-24(31)30-29-14-18-6-8-20(9-7-18)37-27(32)19-12-22(33-3)26(35-5)23(13-19)34-4/h6-14H,15H2,1-5H3,(H,30,31)/b29-14+. The highest BCUT2D eigenvalue weighted by molar-refractivity contribution is 9.10. The zero-order valence-electron chi connectivity index (χ0n) is 21.1. The van der Waals surface area contributed by atoms with E-state index < -0.39 is 11.9 Å². The Labute approximate surface area is 223 Å².